The minimum absolute atomic E-state index is 0.328. The molecule has 0 amide bonds. The summed E-state index contributed by atoms with van der Waals surface area (Å²) in [6, 6.07) is 18.6. The lowest BCUT2D eigenvalue weighted by molar-refractivity contribution is 0.0214. The summed E-state index contributed by atoms with van der Waals surface area (Å²) in [6.45, 7) is 10.9. The molecule has 0 spiro atoms. The summed E-state index contributed by atoms with van der Waals surface area (Å²) in [7, 11) is 0. The molecule has 2 heterocycles. The molecular formula is C25H32N4O3. The second kappa shape index (κ2) is 11.2. The quantitative estimate of drug-likeness (QED) is 0.478. The van der Waals surface area contributed by atoms with Crippen LogP contribution < -0.4 is 4.74 Å². The van der Waals surface area contributed by atoms with Crippen LogP contribution in [0.5, 0.6) is 5.75 Å². The van der Waals surface area contributed by atoms with Gasteiger partial charge in [-0.05, 0) is 43.7 Å². The maximum Gasteiger partial charge on any atom is 0.241 e. The van der Waals surface area contributed by atoms with Gasteiger partial charge in [0, 0.05) is 37.8 Å². The molecule has 1 fully saturated rings. The summed E-state index contributed by atoms with van der Waals surface area (Å²) in [5, 5.41) is 4.22. The van der Waals surface area contributed by atoms with Gasteiger partial charge in [0.15, 0.2) is 0 Å². The first-order valence-corrected chi connectivity index (χ1v) is 11.3. The predicted molar refractivity (Wildman–Crippen MR) is 123 cm³/mol. The van der Waals surface area contributed by atoms with E-state index in [1.54, 1.807) is 0 Å². The van der Waals surface area contributed by atoms with E-state index in [1.165, 1.54) is 5.56 Å². The van der Waals surface area contributed by atoms with Crippen molar-refractivity contribution in [2.45, 2.75) is 33.0 Å². The summed E-state index contributed by atoms with van der Waals surface area (Å²) in [5.74, 6) is 2.06. The Hall–Kier alpha value is -2.74. The molecule has 1 aliphatic rings. The molecule has 1 aromatic heterocycles. The highest BCUT2D eigenvalue weighted by atomic mass is 16.5. The summed E-state index contributed by atoms with van der Waals surface area (Å²) in [6.07, 6.45) is 0. The van der Waals surface area contributed by atoms with Gasteiger partial charge in [-0.15, -0.1) is 0 Å². The van der Waals surface area contributed by atoms with Gasteiger partial charge in [0.2, 0.25) is 11.7 Å². The molecule has 3 aromatic rings. The zero-order valence-corrected chi connectivity index (χ0v) is 18.9. The molecule has 1 unspecified atom stereocenters. The van der Waals surface area contributed by atoms with Crippen molar-refractivity contribution in [3.8, 4) is 17.1 Å². The average molecular weight is 437 g/mol. The largest absolute Gasteiger partial charge is 0.494 e. The van der Waals surface area contributed by atoms with Crippen LogP contribution >= 0.6 is 0 Å². The Kier molecular flexibility index (Phi) is 7.87. The van der Waals surface area contributed by atoms with Crippen LogP contribution in [0.25, 0.3) is 11.4 Å². The number of hydrogen-bond donors (Lipinski definition) is 0. The van der Waals surface area contributed by atoms with Crippen LogP contribution in [0.4, 0.5) is 0 Å². The van der Waals surface area contributed by atoms with E-state index in [4.69, 9.17) is 14.0 Å². The van der Waals surface area contributed by atoms with E-state index < -0.39 is 0 Å². The van der Waals surface area contributed by atoms with Crippen LogP contribution in [-0.4, -0.2) is 65.4 Å². The molecular weight excluding hydrogens is 404 g/mol. The first-order chi connectivity index (χ1) is 15.7. The molecule has 32 heavy (non-hydrogen) atoms. The van der Waals surface area contributed by atoms with Gasteiger partial charge in [-0.3, -0.25) is 9.80 Å². The standard InChI is InChI=1S/C25H32N4O3/c1-3-31-23-11-9-22(10-12-23)25-26-24(32-27-25)19-29(18-21-7-5-4-6-8-21)20(2)17-28-13-15-30-16-14-28/h4-12,20H,3,13-19H2,1-2H3. The van der Waals surface area contributed by atoms with Crippen LogP contribution in [0.1, 0.15) is 25.3 Å². The zero-order valence-electron chi connectivity index (χ0n) is 18.9. The van der Waals surface area contributed by atoms with Gasteiger partial charge in [-0.2, -0.15) is 4.98 Å². The number of ether oxygens (including phenoxy) is 2. The van der Waals surface area contributed by atoms with Crippen molar-refractivity contribution in [3.63, 3.8) is 0 Å². The van der Waals surface area contributed by atoms with Gasteiger partial charge in [-0.1, -0.05) is 35.5 Å². The molecule has 4 rings (SSSR count). The monoisotopic (exact) mass is 436 g/mol. The zero-order chi connectivity index (χ0) is 22.2. The van der Waals surface area contributed by atoms with E-state index in [0.717, 1.165) is 50.7 Å². The molecule has 0 bridgehead atoms. The summed E-state index contributed by atoms with van der Waals surface area (Å²) in [4.78, 5) is 9.54. The minimum atomic E-state index is 0.328. The first kappa shape index (κ1) is 22.5. The van der Waals surface area contributed by atoms with E-state index >= 15 is 0 Å². The van der Waals surface area contributed by atoms with Crippen molar-refractivity contribution in [1.29, 1.82) is 0 Å². The van der Waals surface area contributed by atoms with Gasteiger partial charge in [0.05, 0.1) is 26.4 Å². The van der Waals surface area contributed by atoms with Gasteiger partial charge in [0.25, 0.3) is 0 Å². The predicted octanol–water partition coefficient (Wildman–Crippen LogP) is 3.86. The third kappa shape index (κ3) is 6.16. The lowest BCUT2D eigenvalue weighted by Gasteiger charge is -2.34. The second-order valence-corrected chi connectivity index (χ2v) is 8.12. The topological polar surface area (TPSA) is 63.9 Å². The smallest absolute Gasteiger partial charge is 0.241 e. The highest BCUT2D eigenvalue weighted by Crippen LogP contribution is 2.21. The third-order valence-corrected chi connectivity index (χ3v) is 5.71. The van der Waals surface area contributed by atoms with Gasteiger partial charge in [0.1, 0.15) is 5.75 Å². The lowest BCUT2D eigenvalue weighted by Crippen LogP contribution is -2.45. The Morgan fingerprint density at radius 1 is 1.03 bits per heavy atom. The van der Waals surface area contributed by atoms with E-state index in [2.05, 4.69) is 51.1 Å². The maximum absolute atomic E-state index is 5.64. The van der Waals surface area contributed by atoms with Crippen molar-refractivity contribution in [2.75, 3.05) is 39.5 Å². The Bertz CT molecular complexity index is 939. The maximum atomic E-state index is 5.64. The molecule has 1 aliphatic heterocycles. The second-order valence-electron chi connectivity index (χ2n) is 8.12. The fraction of sp³-hybridized carbons (Fsp3) is 0.440. The summed E-state index contributed by atoms with van der Waals surface area (Å²) >= 11 is 0. The number of hydrogen-bond acceptors (Lipinski definition) is 7. The summed E-state index contributed by atoms with van der Waals surface area (Å²) < 4.78 is 16.7. The number of aromatic nitrogens is 2. The molecule has 170 valence electrons. The van der Waals surface area contributed by atoms with Crippen molar-refractivity contribution < 1.29 is 14.0 Å². The number of benzene rings is 2. The van der Waals surface area contributed by atoms with E-state index in [9.17, 15) is 0 Å². The molecule has 1 saturated heterocycles. The van der Waals surface area contributed by atoms with Crippen LogP contribution in [0, 0.1) is 0 Å². The van der Waals surface area contributed by atoms with E-state index in [1.807, 2.05) is 37.3 Å². The van der Waals surface area contributed by atoms with Crippen LogP contribution in [-0.2, 0) is 17.8 Å². The average Bonchev–Trinajstić information content (AvgIpc) is 3.29. The lowest BCUT2D eigenvalue weighted by atomic mass is 10.1. The highest BCUT2D eigenvalue weighted by Gasteiger charge is 2.22. The number of nitrogens with zero attached hydrogens (tertiary/aromatic N) is 4. The highest BCUT2D eigenvalue weighted by molar-refractivity contribution is 5.55. The Balaban J connectivity index is 1.46. The first-order valence-electron chi connectivity index (χ1n) is 11.3. The molecule has 2 aromatic carbocycles. The fourth-order valence-corrected chi connectivity index (χ4v) is 3.94. The van der Waals surface area contributed by atoms with Crippen molar-refractivity contribution in [3.05, 3.63) is 66.1 Å². The number of morpholine rings is 1. The molecule has 0 aliphatic carbocycles. The van der Waals surface area contributed by atoms with Crippen molar-refractivity contribution >= 4 is 0 Å². The van der Waals surface area contributed by atoms with Crippen LogP contribution in [0.2, 0.25) is 0 Å². The molecule has 0 radical (unpaired) electrons. The molecule has 7 nitrogen and oxygen atoms in total. The third-order valence-electron chi connectivity index (χ3n) is 5.71. The van der Waals surface area contributed by atoms with Gasteiger partial charge in [-0.25, -0.2) is 0 Å². The molecule has 7 heteroatoms. The van der Waals surface area contributed by atoms with Crippen molar-refractivity contribution in [1.82, 2.24) is 19.9 Å². The minimum Gasteiger partial charge on any atom is -0.494 e. The Morgan fingerprint density at radius 2 is 1.78 bits per heavy atom. The van der Waals surface area contributed by atoms with Crippen LogP contribution in [0.3, 0.4) is 0 Å². The fourth-order valence-electron chi connectivity index (χ4n) is 3.94. The Morgan fingerprint density at radius 3 is 2.50 bits per heavy atom. The van der Waals surface area contributed by atoms with E-state index in [-0.39, 0.29) is 0 Å². The molecule has 0 N–H and O–H groups in total. The van der Waals surface area contributed by atoms with Crippen LogP contribution in [0.15, 0.2) is 59.1 Å². The molecule has 1 atom stereocenters. The van der Waals surface area contributed by atoms with Gasteiger partial charge >= 0.3 is 0 Å². The SMILES string of the molecule is CCOc1ccc(-c2noc(CN(Cc3ccccc3)C(C)CN3CCOCC3)n2)cc1. The normalized spacial score (nSPS) is 15.7. The number of rotatable bonds is 10. The molecule has 0 saturated carbocycles. The Labute approximate surface area is 189 Å². The van der Waals surface area contributed by atoms with E-state index in [0.29, 0.717) is 30.9 Å². The van der Waals surface area contributed by atoms with Crippen molar-refractivity contribution in [2.24, 2.45) is 0 Å². The van der Waals surface area contributed by atoms with Gasteiger partial charge < -0.3 is 14.0 Å². The summed E-state index contributed by atoms with van der Waals surface area (Å²) in [5.41, 5.74) is 2.19.